The first-order valence-electron chi connectivity index (χ1n) is 3.70. The first-order valence-corrected chi connectivity index (χ1v) is 4.46. The number of carbonyl (C=O) groups is 1. The summed E-state index contributed by atoms with van der Waals surface area (Å²) in [5.41, 5.74) is 0.254. The molecule has 70 valence electrons. The van der Waals surface area contributed by atoms with Gasteiger partial charge in [0.25, 0.3) is 0 Å². The average Bonchev–Trinajstić information content (AvgIpc) is 2.08. The van der Waals surface area contributed by atoms with Crippen LogP contribution in [0.15, 0.2) is 18.2 Å². The molecule has 0 aliphatic rings. The van der Waals surface area contributed by atoms with Crippen molar-refractivity contribution < 1.29 is 9.90 Å². The Balaban J connectivity index is 3.15. The molecule has 0 aliphatic carbocycles. The van der Waals surface area contributed by atoms with Crippen LogP contribution in [0.2, 0.25) is 10.0 Å². The fourth-order valence-electron chi connectivity index (χ4n) is 0.919. The van der Waals surface area contributed by atoms with E-state index in [-0.39, 0.29) is 10.6 Å². The molecule has 2 nitrogen and oxygen atoms in total. The van der Waals surface area contributed by atoms with Gasteiger partial charge in [-0.1, -0.05) is 29.3 Å². The van der Waals surface area contributed by atoms with Crippen molar-refractivity contribution >= 4 is 29.0 Å². The van der Waals surface area contributed by atoms with E-state index in [4.69, 9.17) is 28.3 Å². The highest BCUT2D eigenvalue weighted by Gasteiger charge is 2.16. The number of Topliss-reactive ketones (excluding diaryl/α,β-unsaturated/α-hetero) is 1. The molecule has 1 aromatic carbocycles. The van der Waals surface area contributed by atoms with Gasteiger partial charge >= 0.3 is 0 Å². The molecule has 4 heteroatoms. The summed E-state index contributed by atoms with van der Waals surface area (Å²) in [6.07, 6.45) is -1.06. The summed E-state index contributed by atoms with van der Waals surface area (Å²) in [6, 6.07) is 4.73. The minimum absolute atomic E-state index is 0.190. The predicted octanol–water partition coefficient (Wildman–Crippen LogP) is 2.56. The molecule has 13 heavy (non-hydrogen) atoms. The average molecular weight is 219 g/mol. The van der Waals surface area contributed by atoms with Crippen LogP contribution in [0.25, 0.3) is 0 Å². The van der Waals surface area contributed by atoms with E-state index in [9.17, 15) is 4.79 Å². The Kier molecular flexibility index (Phi) is 3.31. The van der Waals surface area contributed by atoms with Crippen LogP contribution >= 0.6 is 23.2 Å². The van der Waals surface area contributed by atoms with E-state index in [1.807, 2.05) is 0 Å². The molecule has 1 aromatic rings. The van der Waals surface area contributed by atoms with E-state index in [2.05, 4.69) is 0 Å². The Hall–Kier alpha value is -0.570. The Morgan fingerprint density at radius 2 is 2.08 bits per heavy atom. The van der Waals surface area contributed by atoms with Gasteiger partial charge in [0, 0.05) is 5.56 Å². The summed E-state index contributed by atoms with van der Waals surface area (Å²) in [5, 5.41) is 9.54. The SMILES string of the molecule is CC(O)C(=O)c1cccc(Cl)c1Cl. The first kappa shape index (κ1) is 10.5. The van der Waals surface area contributed by atoms with Crippen LogP contribution < -0.4 is 0 Å². The van der Waals surface area contributed by atoms with Crippen LogP contribution in [0.5, 0.6) is 0 Å². The highest BCUT2D eigenvalue weighted by atomic mass is 35.5. The lowest BCUT2D eigenvalue weighted by Gasteiger charge is -2.06. The van der Waals surface area contributed by atoms with Crippen molar-refractivity contribution in [1.29, 1.82) is 0 Å². The van der Waals surface area contributed by atoms with Crippen LogP contribution in [0.4, 0.5) is 0 Å². The largest absolute Gasteiger partial charge is 0.385 e. The summed E-state index contributed by atoms with van der Waals surface area (Å²) >= 11 is 11.5. The fourth-order valence-corrected chi connectivity index (χ4v) is 1.31. The number of ketones is 1. The molecule has 0 saturated heterocycles. The number of benzene rings is 1. The highest BCUT2D eigenvalue weighted by molar-refractivity contribution is 6.44. The van der Waals surface area contributed by atoms with Crippen molar-refractivity contribution in [3.05, 3.63) is 33.8 Å². The zero-order valence-electron chi connectivity index (χ0n) is 6.92. The normalized spacial score (nSPS) is 12.6. The zero-order chi connectivity index (χ0) is 10.0. The molecule has 0 bridgehead atoms. The smallest absolute Gasteiger partial charge is 0.192 e. The fraction of sp³-hybridized carbons (Fsp3) is 0.222. The maximum Gasteiger partial charge on any atom is 0.192 e. The Bertz CT molecular complexity index is 334. The number of aliphatic hydroxyl groups excluding tert-OH is 1. The van der Waals surface area contributed by atoms with Crippen LogP contribution in [0.1, 0.15) is 17.3 Å². The number of hydrogen-bond donors (Lipinski definition) is 1. The third-order valence-corrected chi connectivity index (χ3v) is 2.42. The van der Waals surface area contributed by atoms with E-state index < -0.39 is 11.9 Å². The van der Waals surface area contributed by atoms with Crippen molar-refractivity contribution in [3.8, 4) is 0 Å². The van der Waals surface area contributed by atoms with Gasteiger partial charge in [0.2, 0.25) is 0 Å². The van der Waals surface area contributed by atoms with E-state index in [1.54, 1.807) is 12.1 Å². The molecule has 0 fully saturated rings. The van der Waals surface area contributed by atoms with Crippen molar-refractivity contribution in [1.82, 2.24) is 0 Å². The number of hydrogen-bond acceptors (Lipinski definition) is 2. The molecule has 1 N–H and O–H groups in total. The van der Waals surface area contributed by atoms with Crippen LogP contribution in [-0.4, -0.2) is 17.0 Å². The van der Waals surface area contributed by atoms with Crippen LogP contribution in [0.3, 0.4) is 0 Å². The second kappa shape index (κ2) is 4.09. The Morgan fingerprint density at radius 3 is 2.62 bits per heavy atom. The van der Waals surface area contributed by atoms with Gasteiger partial charge in [-0.25, -0.2) is 0 Å². The minimum atomic E-state index is -1.06. The zero-order valence-corrected chi connectivity index (χ0v) is 8.43. The Morgan fingerprint density at radius 1 is 1.46 bits per heavy atom. The lowest BCUT2D eigenvalue weighted by atomic mass is 10.1. The van der Waals surface area contributed by atoms with E-state index >= 15 is 0 Å². The molecule has 1 unspecified atom stereocenters. The number of aliphatic hydroxyl groups is 1. The number of carbonyl (C=O) groups excluding carboxylic acids is 1. The van der Waals surface area contributed by atoms with Gasteiger partial charge in [-0.3, -0.25) is 4.79 Å². The summed E-state index contributed by atoms with van der Waals surface area (Å²) in [4.78, 5) is 11.3. The monoisotopic (exact) mass is 218 g/mol. The second-order valence-corrected chi connectivity index (χ2v) is 3.43. The molecule has 1 rings (SSSR count). The standard InChI is InChI=1S/C9H8Cl2O2/c1-5(12)9(13)6-3-2-4-7(10)8(6)11/h2-5,12H,1H3. The van der Waals surface area contributed by atoms with Gasteiger partial charge in [-0.2, -0.15) is 0 Å². The van der Waals surface area contributed by atoms with Crippen molar-refractivity contribution in [2.75, 3.05) is 0 Å². The topological polar surface area (TPSA) is 37.3 Å². The van der Waals surface area contributed by atoms with Gasteiger partial charge in [0.05, 0.1) is 10.0 Å². The van der Waals surface area contributed by atoms with E-state index in [0.717, 1.165) is 0 Å². The van der Waals surface area contributed by atoms with Gasteiger partial charge < -0.3 is 5.11 Å². The molecule has 1 atom stereocenters. The first-order chi connectivity index (χ1) is 6.04. The highest BCUT2D eigenvalue weighted by Crippen LogP contribution is 2.26. The molecule has 0 aromatic heterocycles. The maximum atomic E-state index is 11.3. The van der Waals surface area contributed by atoms with Gasteiger partial charge in [-0.15, -0.1) is 0 Å². The summed E-state index contributed by atoms with van der Waals surface area (Å²) in [7, 11) is 0. The number of rotatable bonds is 2. The molecule has 0 aliphatic heterocycles. The molecule has 0 radical (unpaired) electrons. The molecule has 0 spiro atoms. The predicted molar refractivity (Wildman–Crippen MR) is 52.5 cm³/mol. The summed E-state index contributed by atoms with van der Waals surface area (Å²) < 4.78 is 0. The lowest BCUT2D eigenvalue weighted by Crippen LogP contribution is -2.16. The quantitative estimate of drug-likeness (QED) is 0.776. The van der Waals surface area contributed by atoms with Gasteiger partial charge in [-0.05, 0) is 19.1 Å². The number of halogens is 2. The summed E-state index contributed by atoms with van der Waals surface area (Å²) in [5.74, 6) is -0.424. The lowest BCUT2D eigenvalue weighted by molar-refractivity contribution is 0.0779. The van der Waals surface area contributed by atoms with Crippen LogP contribution in [0, 0.1) is 0 Å². The Labute approximate surface area is 86.1 Å². The summed E-state index contributed by atoms with van der Waals surface area (Å²) in [6.45, 7) is 1.39. The maximum absolute atomic E-state index is 11.3. The third kappa shape index (κ3) is 2.21. The van der Waals surface area contributed by atoms with Crippen molar-refractivity contribution in [2.24, 2.45) is 0 Å². The van der Waals surface area contributed by atoms with E-state index in [1.165, 1.54) is 13.0 Å². The molecular formula is C9H8Cl2O2. The minimum Gasteiger partial charge on any atom is -0.385 e. The van der Waals surface area contributed by atoms with E-state index in [0.29, 0.717) is 5.02 Å². The molecular weight excluding hydrogens is 211 g/mol. The van der Waals surface area contributed by atoms with Crippen LogP contribution in [-0.2, 0) is 0 Å². The van der Waals surface area contributed by atoms with Gasteiger partial charge in [0.15, 0.2) is 5.78 Å². The second-order valence-electron chi connectivity index (χ2n) is 2.64. The third-order valence-electron chi connectivity index (χ3n) is 1.60. The van der Waals surface area contributed by atoms with Crippen molar-refractivity contribution in [3.63, 3.8) is 0 Å². The van der Waals surface area contributed by atoms with Gasteiger partial charge in [0.1, 0.15) is 6.10 Å². The molecule has 0 heterocycles. The van der Waals surface area contributed by atoms with Crippen molar-refractivity contribution in [2.45, 2.75) is 13.0 Å². The molecule has 0 saturated carbocycles. The molecule has 0 amide bonds.